The lowest BCUT2D eigenvalue weighted by atomic mass is 9.98. The second kappa shape index (κ2) is 6.13. The summed E-state index contributed by atoms with van der Waals surface area (Å²) in [5.41, 5.74) is 2.90. The van der Waals surface area contributed by atoms with Gasteiger partial charge in [-0.2, -0.15) is 0 Å². The van der Waals surface area contributed by atoms with Crippen LogP contribution in [-0.4, -0.2) is 44.9 Å². The van der Waals surface area contributed by atoms with E-state index >= 15 is 0 Å². The Bertz CT molecular complexity index is 524. The Morgan fingerprint density at radius 1 is 1.48 bits per heavy atom. The first kappa shape index (κ1) is 14.5. The molecule has 0 aromatic heterocycles. The fourth-order valence-electron chi connectivity index (χ4n) is 2.93. The molecular formula is C16H22N2O3. The number of fused-ring (bicyclic) bond motifs is 1. The number of ether oxygens (including phenoxy) is 2. The molecule has 1 saturated heterocycles. The number of methoxy groups -OCH3 is 1. The first-order chi connectivity index (χ1) is 10.2. The molecule has 114 valence electrons. The summed E-state index contributed by atoms with van der Waals surface area (Å²) in [6.45, 7) is 3.56. The van der Waals surface area contributed by atoms with Crippen LogP contribution in [0.25, 0.3) is 0 Å². The lowest BCUT2D eigenvalue weighted by molar-refractivity contribution is -0.0148. The molecule has 2 heterocycles. The van der Waals surface area contributed by atoms with Gasteiger partial charge < -0.3 is 20.1 Å². The molecule has 1 fully saturated rings. The highest BCUT2D eigenvalue weighted by molar-refractivity contribution is 5.94. The maximum absolute atomic E-state index is 12.3. The normalized spacial score (nSPS) is 24.6. The second-order valence-electron chi connectivity index (χ2n) is 5.78. The van der Waals surface area contributed by atoms with Crippen molar-refractivity contribution in [3.8, 4) is 0 Å². The number of rotatable bonds is 4. The standard InChI is InChI=1S/C16H22N2O3/c1-20-16(5-7-21-11-16)10-18-15(19)13-3-2-12-4-6-17-9-14(12)8-13/h2-3,8,17H,4-7,9-11H2,1H3,(H,18,19). The van der Waals surface area contributed by atoms with Crippen LogP contribution in [0.1, 0.15) is 27.9 Å². The van der Waals surface area contributed by atoms with Crippen LogP contribution in [0.5, 0.6) is 0 Å². The maximum Gasteiger partial charge on any atom is 0.251 e. The zero-order valence-electron chi connectivity index (χ0n) is 12.4. The lowest BCUT2D eigenvalue weighted by Gasteiger charge is -2.26. The van der Waals surface area contributed by atoms with E-state index in [0.717, 1.165) is 25.9 Å². The van der Waals surface area contributed by atoms with E-state index < -0.39 is 0 Å². The Morgan fingerprint density at radius 2 is 2.38 bits per heavy atom. The van der Waals surface area contributed by atoms with Gasteiger partial charge in [0, 0.05) is 38.8 Å². The summed E-state index contributed by atoms with van der Waals surface area (Å²) in [7, 11) is 1.67. The van der Waals surface area contributed by atoms with Crippen LogP contribution >= 0.6 is 0 Å². The van der Waals surface area contributed by atoms with Crippen molar-refractivity contribution in [1.29, 1.82) is 0 Å². The topological polar surface area (TPSA) is 59.6 Å². The molecule has 5 heteroatoms. The van der Waals surface area contributed by atoms with Crippen molar-refractivity contribution in [3.63, 3.8) is 0 Å². The van der Waals surface area contributed by atoms with E-state index in [2.05, 4.69) is 16.7 Å². The monoisotopic (exact) mass is 290 g/mol. The van der Waals surface area contributed by atoms with Crippen LogP contribution in [0.2, 0.25) is 0 Å². The Morgan fingerprint density at radius 3 is 3.14 bits per heavy atom. The largest absolute Gasteiger partial charge is 0.378 e. The summed E-state index contributed by atoms with van der Waals surface area (Å²) in [4.78, 5) is 12.3. The Kier molecular flexibility index (Phi) is 4.24. The predicted octanol–water partition coefficient (Wildman–Crippen LogP) is 0.868. The average molecular weight is 290 g/mol. The van der Waals surface area contributed by atoms with Crippen LogP contribution in [0.3, 0.4) is 0 Å². The smallest absolute Gasteiger partial charge is 0.251 e. The number of benzene rings is 1. The van der Waals surface area contributed by atoms with E-state index in [9.17, 15) is 4.79 Å². The third-order valence-electron chi connectivity index (χ3n) is 4.43. The van der Waals surface area contributed by atoms with E-state index in [1.54, 1.807) is 7.11 Å². The molecule has 21 heavy (non-hydrogen) atoms. The van der Waals surface area contributed by atoms with Gasteiger partial charge in [-0.3, -0.25) is 4.79 Å². The number of carbonyl (C=O) groups excluding carboxylic acids is 1. The molecular weight excluding hydrogens is 268 g/mol. The minimum Gasteiger partial charge on any atom is -0.378 e. The highest BCUT2D eigenvalue weighted by atomic mass is 16.5. The van der Waals surface area contributed by atoms with Gasteiger partial charge in [0.15, 0.2) is 0 Å². The third-order valence-corrected chi connectivity index (χ3v) is 4.43. The number of hydrogen-bond donors (Lipinski definition) is 2. The molecule has 0 saturated carbocycles. The van der Waals surface area contributed by atoms with Gasteiger partial charge in [0.05, 0.1) is 6.61 Å². The molecule has 2 aliphatic heterocycles. The molecule has 0 aliphatic carbocycles. The van der Waals surface area contributed by atoms with E-state index in [1.807, 2.05) is 12.1 Å². The summed E-state index contributed by atoms with van der Waals surface area (Å²) in [6.07, 6.45) is 1.85. The van der Waals surface area contributed by atoms with Crippen molar-refractivity contribution in [2.45, 2.75) is 25.0 Å². The lowest BCUT2D eigenvalue weighted by Crippen LogP contribution is -2.45. The third kappa shape index (κ3) is 3.10. The molecule has 2 N–H and O–H groups in total. The fraction of sp³-hybridized carbons (Fsp3) is 0.562. The van der Waals surface area contributed by atoms with Gasteiger partial charge in [-0.1, -0.05) is 6.07 Å². The molecule has 1 aromatic carbocycles. The van der Waals surface area contributed by atoms with E-state index in [1.165, 1.54) is 11.1 Å². The molecule has 3 rings (SSSR count). The zero-order chi connectivity index (χ0) is 14.7. The van der Waals surface area contributed by atoms with Crippen molar-refractivity contribution in [2.75, 3.05) is 33.4 Å². The summed E-state index contributed by atoms with van der Waals surface area (Å²) >= 11 is 0. The molecule has 1 atom stereocenters. The summed E-state index contributed by atoms with van der Waals surface area (Å²) < 4.78 is 10.9. The van der Waals surface area contributed by atoms with E-state index in [-0.39, 0.29) is 11.5 Å². The highest BCUT2D eigenvalue weighted by Crippen LogP contribution is 2.22. The van der Waals surface area contributed by atoms with Crippen molar-refractivity contribution in [1.82, 2.24) is 10.6 Å². The van der Waals surface area contributed by atoms with E-state index in [0.29, 0.717) is 25.3 Å². The molecule has 0 spiro atoms. The summed E-state index contributed by atoms with van der Waals surface area (Å²) in [5.74, 6) is -0.0494. The van der Waals surface area contributed by atoms with Gasteiger partial charge in [0.1, 0.15) is 5.60 Å². The Balaban J connectivity index is 1.65. The van der Waals surface area contributed by atoms with Crippen molar-refractivity contribution < 1.29 is 14.3 Å². The minimum absolute atomic E-state index is 0.0494. The van der Waals surface area contributed by atoms with Crippen LogP contribution in [0.4, 0.5) is 0 Å². The molecule has 1 unspecified atom stereocenters. The second-order valence-corrected chi connectivity index (χ2v) is 5.78. The zero-order valence-corrected chi connectivity index (χ0v) is 12.4. The first-order valence-electron chi connectivity index (χ1n) is 7.46. The van der Waals surface area contributed by atoms with Crippen LogP contribution in [0.15, 0.2) is 18.2 Å². The van der Waals surface area contributed by atoms with Crippen molar-refractivity contribution >= 4 is 5.91 Å². The van der Waals surface area contributed by atoms with E-state index in [4.69, 9.17) is 9.47 Å². The predicted molar refractivity (Wildman–Crippen MR) is 79.4 cm³/mol. The van der Waals surface area contributed by atoms with Crippen LogP contribution < -0.4 is 10.6 Å². The highest BCUT2D eigenvalue weighted by Gasteiger charge is 2.35. The SMILES string of the molecule is COC1(CNC(=O)c2ccc3c(c2)CNCC3)CCOC1. The van der Waals surface area contributed by atoms with Crippen LogP contribution in [-0.2, 0) is 22.4 Å². The van der Waals surface area contributed by atoms with Gasteiger partial charge in [-0.05, 0) is 36.2 Å². The number of carbonyl (C=O) groups is 1. The number of hydrogen-bond acceptors (Lipinski definition) is 4. The maximum atomic E-state index is 12.3. The van der Waals surface area contributed by atoms with Gasteiger partial charge >= 0.3 is 0 Å². The minimum atomic E-state index is -0.370. The molecule has 2 aliphatic rings. The Hall–Kier alpha value is -1.43. The molecule has 0 radical (unpaired) electrons. The molecule has 0 bridgehead atoms. The fourth-order valence-corrected chi connectivity index (χ4v) is 2.93. The average Bonchev–Trinajstić information content (AvgIpc) is 3.01. The van der Waals surface area contributed by atoms with Crippen molar-refractivity contribution in [3.05, 3.63) is 34.9 Å². The number of amides is 1. The van der Waals surface area contributed by atoms with Gasteiger partial charge in [0.25, 0.3) is 5.91 Å². The number of nitrogens with one attached hydrogen (secondary N) is 2. The van der Waals surface area contributed by atoms with Gasteiger partial charge in [0.2, 0.25) is 0 Å². The van der Waals surface area contributed by atoms with Gasteiger partial charge in [-0.15, -0.1) is 0 Å². The quantitative estimate of drug-likeness (QED) is 0.864. The summed E-state index contributed by atoms with van der Waals surface area (Å²) in [5, 5.41) is 6.31. The van der Waals surface area contributed by atoms with Crippen molar-refractivity contribution in [2.24, 2.45) is 0 Å². The molecule has 1 amide bonds. The summed E-state index contributed by atoms with van der Waals surface area (Å²) in [6, 6.07) is 5.96. The van der Waals surface area contributed by atoms with Crippen LogP contribution in [0, 0.1) is 0 Å². The first-order valence-corrected chi connectivity index (χ1v) is 7.46. The molecule has 5 nitrogen and oxygen atoms in total. The molecule has 1 aromatic rings. The Labute approximate surface area is 125 Å². The van der Waals surface area contributed by atoms with Gasteiger partial charge in [-0.25, -0.2) is 0 Å².